The van der Waals surface area contributed by atoms with Gasteiger partial charge in [-0.2, -0.15) is 0 Å². The van der Waals surface area contributed by atoms with Crippen LogP contribution in [0, 0.1) is 0 Å². The number of halogens is 5. The minimum Gasteiger partial charge on any atom is -0.125 e. The molecule has 0 aliphatic carbocycles. The highest BCUT2D eigenvalue weighted by Gasteiger charge is 2.42. The van der Waals surface area contributed by atoms with E-state index in [-0.39, 0.29) is 5.88 Å². The predicted molar refractivity (Wildman–Crippen MR) is 45.3 cm³/mol. The molecular weight excluding hydrogens is 241 g/mol. The summed E-state index contributed by atoms with van der Waals surface area (Å²) in [5.41, 5.74) is 0. The Morgan fingerprint density at radius 3 is 1.44 bits per heavy atom. The van der Waals surface area contributed by atoms with Crippen LogP contribution in [0.1, 0.15) is 0 Å². The van der Waals surface area contributed by atoms with E-state index in [9.17, 15) is 0 Å². The van der Waals surface area contributed by atoms with Crippen molar-refractivity contribution in [2.75, 3.05) is 5.88 Å². The van der Waals surface area contributed by atoms with Gasteiger partial charge in [-0.05, 0) is 0 Å². The summed E-state index contributed by atoms with van der Waals surface area (Å²) in [6.07, 6.45) is 0. The van der Waals surface area contributed by atoms with E-state index in [1.807, 2.05) is 0 Å². The van der Waals surface area contributed by atoms with Gasteiger partial charge in [0.1, 0.15) is 0 Å². The Morgan fingerprint density at radius 1 is 1.11 bits per heavy atom. The second-order valence-corrected chi connectivity index (χ2v) is 5.80. The fourth-order valence-corrected chi connectivity index (χ4v) is 0.682. The minimum atomic E-state index is -1.59. The molecule has 0 aromatic carbocycles. The van der Waals surface area contributed by atoms with Crippen LogP contribution in [0.2, 0.25) is 0 Å². The zero-order valence-corrected chi connectivity index (χ0v) is 8.88. The van der Waals surface area contributed by atoms with E-state index in [1.54, 1.807) is 0 Å². The normalized spacial score (nSPS) is 19.3. The van der Waals surface area contributed by atoms with Gasteiger partial charge < -0.3 is 0 Å². The van der Waals surface area contributed by atoms with Crippen LogP contribution in [-0.4, -0.2) is 24.4 Å². The van der Waals surface area contributed by atoms with Crippen LogP contribution >= 0.6 is 58.0 Å². The fraction of sp³-hybridized carbons (Fsp3) is 1.00. The lowest BCUT2D eigenvalue weighted by Crippen LogP contribution is -2.39. The third kappa shape index (κ3) is 3.04. The minimum absolute atomic E-state index is 0.0158. The first kappa shape index (κ1) is 10.7. The Morgan fingerprint density at radius 2 is 1.44 bits per heavy atom. The summed E-state index contributed by atoms with van der Waals surface area (Å²) >= 11 is 27.1. The van der Waals surface area contributed by atoms with Crippen molar-refractivity contribution in [3.05, 3.63) is 0 Å². The van der Waals surface area contributed by atoms with E-state index >= 15 is 0 Å². The summed E-state index contributed by atoms with van der Waals surface area (Å²) in [6.45, 7) is 0. The molecule has 0 aromatic heterocycles. The fourth-order valence-electron chi connectivity index (χ4n) is 0.0758. The van der Waals surface area contributed by atoms with E-state index in [4.69, 9.17) is 58.0 Å². The summed E-state index contributed by atoms with van der Waals surface area (Å²) < 4.78 is -2.77. The number of alkyl halides is 5. The highest BCUT2D eigenvalue weighted by Crippen LogP contribution is 2.41. The summed E-state index contributed by atoms with van der Waals surface area (Å²) in [5, 5.41) is 0. The predicted octanol–water partition coefficient (Wildman–Crippen LogP) is 2.70. The Kier molecular flexibility index (Phi) is 4.00. The maximum Gasteiger partial charge on any atom is 0.207 e. The maximum atomic E-state index is 5.58. The lowest BCUT2D eigenvalue weighted by molar-refractivity contribution is 0.902. The highest BCUT2D eigenvalue weighted by molar-refractivity contribution is 6.75. The molecule has 3 radical (unpaired) electrons. The molecule has 0 saturated heterocycles. The zero-order chi connectivity index (χ0) is 7.71. The summed E-state index contributed by atoms with van der Waals surface area (Å²) in [5.74, 6) is 0.0158. The van der Waals surface area contributed by atoms with E-state index in [1.165, 1.54) is 0 Å². The van der Waals surface area contributed by atoms with Crippen molar-refractivity contribution in [3.8, 4) is 0 Å². The summed E-state index contributed by atoms with van der Waals surface area (Å²) in [6, 6.07) is 0. The number of rotatable bonds is 1. The molecule has 53 valence electrons. The zero-order valence-electron chi connectivity index (χ0n) is 4.10. The van der Waals surface area contributed by atoms with Gasteiger partial charge in [0.25, 0.3) is 0 Å². The van der Waals surface area contributed by atoms with E-state index in [0.717, 1.165) is 0 Å². The van der Waals surface area contributed by atoms with Gasteiger partial charge in [0.05, 0.1) is 14.7 Å². The monoisotopic (exact) mass is 241 g/mol. The molecule has 0 heterocycles. The molecule has 0 aliphatic rings. The Labute approximate surface area is 82.2 Å². The van der Waals surface area contributed by atoms with Gasteiger partial charge >= 0.3 is 0 Å². The van der Waals surface area contributed by atoms with Crippen LogP contribution in [0.3, 0.4) is 0 Å². The third-order valence-corrected chi connectivity index (χ3v) is 4.10. The Balaban J connectivity index is 4.14. The topological polar surface area (TPSA) is 0 Å². The van der Waals surface area contributed by atoms with E-state index < -0.39 is 8.29 Å². The average Bonchev–Trinajstić information content (AvgIpc) is 1.64. The number of hydrogen-bond donors (Lipinski definition) is 0. The van der Waals surface area contributed by atoms with Crippen molar-refractivity contribution >= 4 is 68.2 Å². The molecule has 0 spiro atoms. The third-order valence-electron chi connectivity index (χ3n) is 0.633. The van der Waals surface area contributed by atoms with Crippen molar-refractivity contribution in [2.45, 2.75) is 8.29 Å². The molecule has 1 atom stereocenters. The molecular formula is C3H2Cl5Si. The van der Waals surface area contributed by atoms with Crippen LogP contribution in [0.5, 0.6) is 0 Å². The van der Waals surface area contributed by atoms with E-state index in [0.29, 0.717) is 0 Å². The van der Waals surface area contributed by atoms with Gasteiger partial charge in [0.15, 0.2) is 0 Å². The van der Waals surface area contributed by atoms with Crippen LogP contribution < -0.4 is 0 Å². The van der Waals surface area contributed by atoms with Gasteiger partial charge in [-0.15, -0.1) is 23.2 Å². The molecule has 0 fully saturated rings. The molecule has 0 rings (SSSR count). The van der Waals surface area contributed by atoms with Crippen LogP contribution in [-0.2, 0) is 0 Å². The molecule has 0 nitrogen and oxygen atoms in total. The Hall–Kier alpha value is 1.67. The van der Waals surface area contributed by atoms with Crippen molar-refractivity contribution in [3.63, 3.8) is 0 Å². The molecule has 0 bridgehead atoms. The SMILES string of the molecule is [Si]C(Cl)(CCl)C(Cl)(Cl)Cl. The van der Waals surface area contributed by atoms with Crippen molar-refractivity contribution in [1.82, 2.24) is 0 Å². The van der Waals surface area contributed by atoms with Crippen LogP contribution in [0.15, 0.2) is 0 Å². The molecule has 6 heteroatoms. The van der Waals surface area contributed by atoms with Crippen molar-refractivity contribution < 1.29 is 0 Å². The second-order valence-electron chi connectivity index (χ2n) is 1.43. The van der Waals surface area contributed by atoms with Crippen LogP contribution in [0.4, 0.5) is 0 Å². The largest absolute Gasteiger partial charge is 0.207 e. The van der Waals surface area contributed by atoms with Crippen molar-refractivity contribution in [2.24, 2.45) is 0 Å². The molecule has 1 unspecified atom stereocenters. The summed E-state index contributed by atoms with van der Waals surface area (Å²) in [7, 11) is 2.99. The smallest absolute Gasteiger partial charge is 0.125 e. The highest BCUT2D eigenvalue weighted by atomic mass is 35.6. The van der Waals surface area contributed by atoms with Crippen LogP contribution in [0.25, 0.3) is 0 Å². The van der Waals surface area contributed by atoms with E-state index in [2.05, 4.69) is 10.2 Å². The maximum absolute atomic E-state index is 5.58. The van der Waals surface area contributed by atoms with Gasteiger partial charge in [-0.25, -0.2) is 0 Å². The standard InChI is InChI=1S/C3H2Cl5Si/c4-1-2(5,9)3(6,7)8/h1H2. The molecule has 0 aliphatic heterocycles. The first-order valence-corrected chi connectivity index (χ1v) is 4.42. The second kappa shape index (κ2) is 3.38. The first-order chi connectivity index (χ1) is 3.81. The summed E-state index contributed by atoms with van der Waals surface area (Å²) in [4.78, 5) is 0. The molecule has 0 N–H and O–H groups in total. The first-order valence-electron chi connectivity index (χ1n) is 1.88. The van der Waals surface area contributed by atoms with Crippen molar-refractivity contribution in [1.29, 1.82) is 0 Å². The molecule has 0 aromatic rings. The van der Waals surface area contributed by atoms with Gasteiger partial charge in [0, 0.05) is 5.88 Å². The quantitative estimate of drug-likeness (QED) is 0.491. The average molecular weight is 243 g/mol. The van der Waals surface area contributed by atoms with Gasteiger partial charge in [-0.3, -0.25) is 0 Å². The Bertz CT molecular complexity index is 94.9. The lowest BCUT2D eigenvalue weighted by Gasteiger charge is -2.26. The number of hydrogen-bond acceptors (Lipinski definition) is 0. The molecule has 0 saturated carbocycles. The lowest BCUT2D eigenvalue weighted by atomic mass is 10.5. The van der Waals surface area contributed by atoms with Gasteiger partial charge in [0.2, 0.25) is 3.79 Å². The van der Waals surface area contributed by atoms with Gasteiger partial charge in [-0.1, -0.05) is 34.8 Å². The molecule has 9 heavy (non-hydrogen) atoms. The molecule has 0 amide bonds.